The molecule has 5 rings (SSSR count). The van der Waals surface area contributed by atoms with Gasteiger partial charge < -0.3 is 5.32 Å². The van der Waals surface area contributed by atoms with E-state index in [0.29, 0.717) is 11.7 Å². The van der Waals surface area contributed by atoms with E-state index < -0.39 is 0 Å². The molecular weight excluding hydrogens is 398 g/mol. The lowest BCUT2D eigenvalue weighted by Gasteiger charge is -2.21. The van der Waals surface area contributed by atoms with Gasteiger partial charge in [-0.1, -0.05) is 62.4 Å². The summed E-state index contributed by atoms with van der Waals surface area (Å²) in [6.45, 7) is 5.04. The van der Waals surface area contributed by atoms with Crippen LogP contribution in [0.5, 0.6) is 0 Å². The maximum atomic E-state index is 4.86. The molecule has 7 heteroatoms. The second-order valence-electron chi connectivity index (χ2n) is 8.56. The Balaban J connectivity index is 1.37. The Bertz CT molecular complexity index is 1200. The van der Waals surface area contributed by atoms with Crippen LogP contribution < -0.4 is 5.32 Å². The van der Waals surface area contributed by atoms with E-state index in [0.717, 1.165) is 47.7 Å². The van der Waals surface area contributed by atoms with Crippen molar-refractivity contribution in [1.29, 1.82) is 0 Å². The van der Waals surface area contributed by atoms with Crippen molar-refractivity contribution in [2.75, 3.05) is 5.32 Å². The van der Waals surface area contributed by atoms with Gasteiger partial charge in [0.05, 0.1) is 0 Å². The average Bonchev–Trinajstić information content (AvgIpc) is 3.37. The summed E-state index contributed by atoms with van der Waals surface area (Å²) in [6, 6.07) is 16.8. The van der Waals surface area contributed by atoms with Crippen molar-refractivity contribution >= 4 is 5.82 Å². The molecule has 0 fully saturated rings. The zero-order valence-electron chi connectivity index (χ0n) is 18.5. The Kier molecular flexibility index (Phi) is 5.62. The van der Waals surface area contributed by atoms with Crippen molar-refractivity contribution in [1.82, 2.24) is 30.6 Å². The number of nitrogens with one attached hydrogen (secondary N) is 2. The van der Waals surface area contributed by atoms with Crippen LogP contribution in [0.15, 0.2) is 48.5 Å². The first-order chi connectivity index (χ1) is 15.7. The molecule has 0 aliphatic heterocycles. The number of nitrogens with zero attached hydrogens (tertiary/aromatic N) is 5. The van der Waals surface area contributed by atoms with Gasteiger partial charge in [0, 0.05) is 29.3 Å². The van der Waals surface area contributed by atoms with E-state index in [9.17, 15) is 0 Å². The minimum absolute atomic E-state index is 0.321. The van der Waals surface area contributed by atoms with Gasteiger partial charge in [-0.2, -0.15) is 0 Å². The monoisotopic (exact) mass is 425 g/mol. The van der Waals surface area contributed by atoms with Crippen LogP contribution in [-0.2, 0) is 19.4 Å². The summed E-state index contributed by atoms with van der Waals surface area (Å²) in [5.74, 6) is 2.93. The molecule has 2 N–H and O–H groups in total. The average molecular weight is 426 g/mol. The minimum Gasteiger partial charge on any atom is -0.366 e. The molecule has 4 aromatic rings. The number of aromatic amines is 1. The minimum atomic E-state index is 0.321. The van der Waals surface area contributed by atoms with Crippen LogP contribution >= 0.6 is 0 Å². The quantitative estimate of drug-likeness (QED) is 0.455. The highest BCUT2D eigenvalue weighted by atomic mass is 15.5. The first-order valence-corrected chi connectivity index (χ1v) is 11.2. The maximum absolute atomic E-state index is 4.86. The van der Waals surface area contributed by atoms with E-state index in [1.807, 2.05) is 18.2 Å². The van der Waals surface area contributed by atoms with Crippen molar-refractivity contribution in [2.24, 2.45) is 0 Å². The largest absolute Gasteiger partial charge is 0.366 e. The molecule has 0 amide bonds. The van der Waals surface area contributed by atoms with Crippen LogP contribution in [0.1, 0.15) is 55.3 Å². The van der Waals surface area contributed by atoms with Crippen LogP contribution in [-0.4, -0.2) is 30.6 Å². The Morgan fingerprint density at radius 1 is 0.938 bits per heavy atom. The molecular formula is C25H27N7. The summed E-state index contributed by atoms with van der Waals surface area (Å²) in [7, 11) is 0. The number of rotatable bonds is 6. The first kappa shape index (κ1) is 20.3. The molecule has 0 spiro atoms. The summed E-state index contributed by atoms with van der Waals surface area (Å²) in [5, 5.41) is 17.9. The second-order valence-corrected chi connectivity index (χ2v) is 8.56. The van der Waals surface area contributed by atoms with Gasteiger partial charge in [-0.3, -0.25) is 0 Å². The number of hydrogen-bond acceptors (Lipinski definition) is 6. The predicted octanol–water partition coefficient (Wildman–Crippen LogP) is 4.94. The van der Waals surface area contributed by atoms with Crippen molar-refractivity contribution in [3.8, 4) is 22.5 Å². The Morgan fingerprint density at radius 3 is 2.47 bits per heavy atom. The van der Waals surface area contributed by atoms with Crippen molar-refractivity contribution in [3.63, 3.8) is 0 Å². The third kappa shape index (κ3) is 4.10. The second kappa shape index (κ2) is 8.86. The maximum Gasteiger partial charge on any atom is 0.180 e. The van der Waals surface area contributed by atoms with Gasteiger partial charge in [0.15, 0.2) is 5.82 Å². The Hall–Kier alpha value is -3.61. The van der Waals surface area contributed by atoms with Crippen LogP contribution in [0.2, 0.25) is 0 Å². The standard InChI is InChI=1S/C25H27N7/c1-16(2)23-27-22-10-6-5-9-21(22)24(28-23)26-15-17-11-13-18(14-12-17)19-7-3-4-8-20(19)25-29-31-32-30-25/h3-4,7-8,11-14,16H,5-6,9-10,15H2,1-2H3,(H,26,27,28)(H,29,30,31,32). The highest BCUT2D eigenvalue weighted by Crippen LogP contribution is 2.30. The molecule has 0 radical (unpaired) electrons. The normalized spacial score (nSPS) is 13.2. The third-order valence-corrected chi connectivity index (χ3v) is 5.97. The van der Waals surface area contributed by atoms with Crippen molar-refractivity contribution in [2.45, 2.75) is 52.0 Å². The highest BCUT2D eigenvalue weighted by molar-refractivity contribution is 5.80. The van der Waals surface area contributed by atoms with Crippen LogP contribution in [0, 0.1) is 0 Å². The van der Waals surface area contributed by atoms with Gasteiger partial charge in [0.25, 0.3) is 0 Å². The molecule has 0 atom stereocenters. The molecule has 1 aliphatic rings. The number of aryl methyl sites for hydroxylation is 1. The molecule has 32 heavy (non-hydrogen) atoms. The summed E-state index contributed by atoms with van der Waals surface area (Å²) in [5.41, 5.74) is 6.94. The van der Waals surface area contributed by atoms with E-state index >= 15 is 0 Å². The number of tetrazole rings is 1. The van der Waals surface area contributed by atoms with Gasteiger partial charge in [-0.05, 0) is 52.8 Å². The van der Waals surface area contributed by atoms with Gasteiger partial charge in [0.2, 0.25) is 0 Å². The lowest BCUT2D eigenvalue weighted by atomic mass is 9.95. The zero-order chi connectivity index (χ0) is 21.9. The van der Waals surface area contributed by atoms with E-state index in [-0.39, 0.29) is 0 Å². The van der Waals surface area contributed by atoms with Crippen LogP contribution in [0.25, 0.3) is 22.5 Å². The number of hydrogen-bond donors (Lipinski definition) is 2. The molecule has 1 aliphatic carbocycles. The summed E-state index contributed by atoms with van der Waals surface area (Å²) >= 11 is 0. The Morgan fingerprint density at radius 2 is 1.72 bits per heavy atom. The van der Waals surface area contributed by atoms with Crippen molar-refractivity contribution < 1.29 is 0 Å². The lowest BCUT2D eigenvalue weighted by molar-refractivity contribution is 0.645. The molecule has 162 valence electrons. The van der Waals surface area contributed by atoms with Crippen molar-refractivity contribution in [3.05, 3.63) is 71.2 Å². The number of aromatic nitrogens is 6. The molecule has 0 bridgehead atoms. The van der Waals surface area contributed by atoms with Gasteiger partial charge in [0.1, 0.15) is 11.6 Å². The lowest BCUT2D eigenvalue weighted by Crippen LogP contribution is -2.15. The fourth-order valence-corrected chi connectivity index (χ4v) is 4.22. The smallest absolute Gasteiger partial charge is 0.180 e. The molecule has 0 saturated heterocycles. The van der Waals surface area contributed by atoms with E-state index in [1.165, 1.54) is 29.7 Å². The summed E-state index contributed by atoms with van der Waals surface area (Å²) in [6.07, 6.45) is 4.54. The molecule has 2 aromatic carbocycles. The van der Waals surface area contributed by atoms with E-state index in [1.54, 1.807) is 0 Å². The molecule has 2 heterocycles. The number of H-pyrrole nitrogens is 1. The van der Waals surface area contributed by atoms with Gasteiger partial charge in [-0.15, -0.1) is 5.10 Å². The summed E-state index contributed by atoms with van der Waals surface area (Å²) in [4.78, 5) is 9.70. The number of fused-ring (bicyclic) bond motifs is 1. The van der Waals surface area contributed by atoms with Crippen LogP contribution in [0.3, 0.4) is 0 Å². The molecule has 7 nitrogen and oxygen atoms in total. The molecule has 0 unspecified atom stereocenters. The van der Waals surface area contributed by atoms with Gasteiger partial charge in [-0.25, -0.2) is 15.1 Å². The topological polar surface area (TPSA) is 92.3 Å². The molecule has 2 aromatic heterocycles. The molecule has 0 saturated carbocycles. The number of anilines is 1. The highest BCUT2D eigenvalue weighted by Gasteiger charge is 2.19. The zero-order valence-corrected chi connectivity index (χ0v) is 18.5. The fourth-order valence-electron chi connectivity index (χ4n) is 4.22. The SMILES string of the molecule is CC(C)c1nc2c(c(NCc3ccc(-c4ccccc4-c4nnn[nH]4)cc3)n1)CCCC2. The Labute approximate surface area is 187 Å². The summed E-state index contributed by atoms with van der Waals surface area (Å²) < 4.78 is 0. The number of benzene rings is 2. The van der Waals surface area contributed by atoms with E-state index in [2.05, 4.69) is 70.1 Å². The third-order valence-electron chi connectivity index (χ3n) is 5.97. The first-order valence-electron chi connectivity index (χ1n) is 11.2. The van der Waals surface area contributed by atoms with Gasteiger partial charge >= 0.3 is 0 Å². The van der Waals surface area contributed by atoms with Crippen LogP contribution in [0.4, 0.5) is 5.82 Å². The van der Waals surface area contributed by atoms with E-state index in [4.69, 9.17) is 9.97 Å². The fraction of sp³-hybridized carbons (Fsp3) is 0.320. The predicted molar refractivity (Wildman–Crippen MR) is 125 cm³/mol.